The van der Waals surface area contributed by atoms with Crippen molar-refractivity contribution in [3.63, 3.8) is 0 Å². The molecule has 1 aliphatic rings. The Bertz CT molecular complexity index is 973. The highest BCUT2D eigenvalue weighted by Gasteiger charge is 2.29. The van der Waals surface area contributed by atoms with Gasteiger partial charge in [0.15, 0.2) is 0 Å². The van der Waals surface area contributed by atoms with E-state index in [0.717, 1.165) is 26.4 Å². The molecule has 4 rings (SSSR count). The minimum atomic E-state index is -0.192. The maximum Gasteiger partial charge on any atom is 0.309 e. The third-order valence-electron chi connectivity index (χ3n) is 5.17. The molecule has 1 aliphatic heterocycles. The number of nitrogens with zero attached hydrogens (tertiary/aromatic N) is 2. The number of carbonyl (C=O) groups is 2. The smallest absolute Gasteiger partial charge is 0.309 e. The molecule has 2 aromatic carbocycles. The van der Waals surface area contributed by atoms with E-state index in [0.29, 0.717) is 25.9 Å². The number of esters is 1. The van der Waals surface area contributed by atoms with Gasteiger partial charge in [0.2, 0.25) is 0 Å². The van der Waals surface area contributed by atoms with Crippen LogP contribution in [0.1, 0.15) is 33.8 Å². The number of thiazole rings is 1. The molecule has 5 nitrogen and oxygen atoms in total. The molecule has 6 heteroatoms. The van der Waals surface area contributed by atoms with Crippen molar-refractivity contribution < 1.29 is 14.3 Å². The molecule has 0 radical (unpaired) electrons. The number of hydrogen-bond donors (Lipinski definition) is 0. The first-order valence-corrected chi connectivity index (χ1v) is 10.3. The van der Waals surface area contributed by atoms with Gasteiger partial charge in [-0.15, -0.1) is 11.3 Å². The van der Waals surface area contributed by atoms with Gasteiger partial charge in [0, 0.05) is 18.7 Å². The highest BCUT2D eigenvalue weighted by Crippen LogP contribution is 2.24. The summed E-state index contributed by atoms with van der Waals surface area (Å²) in [5.41, 5.74) is 2.64. The quantitative estimate of drug-likeness (QED) is 0.622. The molecular weight excluding hydrogens is 372 g/mol. The molecule has 1 saturated heterocycles. The lowest BCUT2D eigenvalue weighted by Gasteiger charge is -2.31. The van der Waals surface area contributed by atoms with E-state index in [2.05, 4.69) is 4.98 Å². The van der Waals surface area contributed by atoms with Crippen LogP contribution < -0.4 is 0 Å². The number of benzene rings is 2. The molecule has 0 atom stereocenters. The third kappa shape index (κ3) is 3.92. The second-order valence-corrected chi connectivity index (χ2v) is 8.18. The molecule has 0 saturated carbocycles. The normalized spacial score (nSPS) is 15.0. The number of hydrogen-bond acceptors (Lipinski definition) is 5. The SMILES string of the molecule is Cc1ccccc1C(=O)N1CCC(C(=O)OCc2nc3ccccc3s2)CC1. The topological polar surface area (TPSA) is 59.5 Å². The molecule has 0 N–H and O–H groups in total. The predicted molar refractivity (Wildman–Crippen MR) is 109 cm³/mol. The molecule has 0 bridgehead atoms. The third-order valence-corrected chi connectivity index (χ3v) is 6.18. The molecule has 2 heterocycles. The molecule has 144 valence electrons. The summed E-state index contributed by atoms with van der Waals surface area (Å²) in [5.74, 6) is -0.308. The summed E-state index contributed by atoms with van der Waals surface area (Å²) in [6.45, 7) is 3.31. The van der Waals surface area contributed by atoms with Gasteiger partial charge in [-0.25, -0.2) is 4.98 Å². The lowest BCUT2D eigenvalue weighted by Crippen LogP contribution is -2.40. The Morgan fingerprint density at radius 1 is 1.11 bits per heavy atom. The molecule has 1 aromatic heterocycles. The maximum atomic E-state index is 12.7. The van der Waals surface area contributed by atoms with Gasteiger partial charge in [0.05, 0.1) is 16.1 Å². The number of carbonyl (C=O) groups excluding carboxylic acids is 2. The minimum Gasteiger partial charge on any atom is -0.458 e. The van der Waals surface area contributed by atoms with Crippen molar-refractivity contribution in [1.29, 1.82) is 0 Å². The van der Waals surface area contributed by atoms with Crippen molar-refractivity contribution in [2.24, 2.45) is 5.92 Å². The summed E-state index contributed by atoms with van der Waals surface area (Å²) in [6, 6.07) is 15.5. The Morgan fingerprint density at radius 2 is 1.82 bits per heavy atom. The van der Waals surface area contributed by atoms with E-state index >= 15 is 0 Å². The van der Waals surface area contributed by atoms with Crippen LogP contribution >= 0.6 is 11.3 Å². The molecule has 0 spiro atoms. The standard InChI is InChI=1S/C22H22N2O3S/c1-15-6-2-3-7-17(15)21(25)24-12-10-16(11-13-24)22(26)27-14-20-23-18-8-4-5-9-19(18)28-20/h2-9,16H,10-14H2,1H3. The van der Waals surface area contributed by atoms with Gasteiger partial charge in [-0.1, -0.05) is 30.3 Å². The monoisotopic (exact) mass is 394 g/mol. The average molecular weight is 394 g/mol. The summed E-state index contributed by atoms with van der Waals surface area (Å²) in [6.07, 6.45) is 1.27. The van der Waals surface area contributed by atoms with Crippen molar-refractivity contribution in [2.75, 3.05) is 13.1 Å². The lowest BCUT2D eigenvalue weighted by atomic mass is 9.96. The van der Waals surface area contributed by atoms with Gasteiger partial charge >= 0.3 is 5.97 Å². The number of likely N-dealkylation sites (tertiary alicyclic amines) is 1. The Kier molecular flexibility index (Phi) is 5.39. The number of aromatic nitrogens is 1. The van der Waals surface area contributed by atoms with Crippen molar-refractivity contribution in [3.8, 4) is 0 Å². The maximum absolute atomic E-state index is 12.7. The van der Waals surface area contributed by atoms with E-state index < -0.39 is 0 Å². The number of aryl methyl sites for hydroxylation is 1. The molecule has 3 aromatic rings. The summed E-state index contributed by atoms with van der Waals surface area (Å²) >= 11 is 1.55. The fourth-order valence-corrected chi connectivity index (χ4v) is 4.41. The van der Waals surface area contributed by atoms with Crippen LogP contribution in [0.25, 0.3) is 10.2 Å². The van der Waals surface area contributed by atoms with Crippen LogP contribution in [0.5, 0.6) is 0 Å². The average Bonchev–Trinajstić information content (AvgIpc) is 3.15. The first kappa shape index (κ1) is 18.6. The number of piperidine rings is 1. The second kappa shape index (κ2) is 8.10. The lowest BCUT2D eigenvalue weighted by molar-refractivity contribution is -0.151. The van der Waals surface area contributed by atoms with Crippen molar-refractivity contribution in [1.82, 2.24) is 9.88 Å². The number of fused-ring (bicyclic) bond motifs is 1. The summed E-state index contributed by atoms with van der Waals surface area (Å²) < 4.78 is 6.60. The van der Waals surface area contributed by atoms with E-state index in [1.54, 1.807) is 11.3 Å². The van der Waals surface area contributed by atoms with Gasteiger partial charge in [0.25, 0.3) is 5.91 Å². The van der Waals surface area contributed by atoms with Crippen molar-refractivity contribution >= 4 is 33.4 Å². The zero-order chi connectivity index (χ0) is 19.5. The fourth-order valence-electron chi connectivity index (χ4n) is 3.53. The molecule has 28 heavy (non-hydrogen) atoms. The van der Waals surface area contributed by atoms with Gasteiger partial charge in [-0.3, -0.25) is 9.59 Å². The number of rotatable bonds is 4. The van der Waals surface area contributed by atoms with Crippen LogP contribution in [-0.4, -0.2) is 34.8 Å². The predicted octanol–water partition coefficient (Wildman–Crippen LogP) is 4.20. The van der Waals surface area contributed by atoms with Crippen molar-refractivity contribution in [3.05, 3.63) is 64.7 Å². The molecule has 0 unspecified atom stereocenters. The van der Waals surface area contributed by atoms with E-state index in [-0.39, 0.29) is 24.4 Å². The van der Waals surface area contributed by atoms with Crippen molar-refractivity contribution in [2.45, 2.75) is 26.4 Å². The summed E-state index contributed by atoms with van der Waals surface area (Å²) in [5, 5.41) is 0.807. The number of ether oxygens (including phenoxy) is 1. The molecule has 1 amide bonds. The van der Waals surface area contributed by atoms with E-state index in [4.69, 9.17) is 4.74 Å². The molecular formula is C22H22N2O3S. The largest absolute Gasteiger partial charge is 0.458 e. The van der Waals surface area contributed by atoms with Crippen LogP contribution in [-0.2, 0) is 16.1 Å². The first-order chi connectivity index (χ1) is 13.6. The Labute approximate surface area is 168 Å². The number of para-hydroxylation sites is 1. The van der Waals surface area contributed by atoms with E-state index in [1.165, 1.54) is 0 Å². The molecule has 1 fully saturated rings. The zero-order valence-corrected chi connectivity index (χ0v) is 16.6. The Morgan fingerprint density at radius 3 is 2.57 bits per heavy atom. The number of amides is 1. The minimum absolute atomic E-state index is 0.0411. The van der Waals surface area contributed by atoms with E-state index in [9.17, 15) is 9.59 Å². The van der Waals surface area contributed by atoms with Crippen LogP contribution in [0.15, 0.2) is 48.5 Å². The van der Waals surface area contributed by atoms with E-state index in [1.807, 2.05) is 60.4 Å². The van der Waals surface area contributed by atoms with Gasteiger partial charge in [-0.2, -0.15) is 0 Å². The van der Waals surface area contributed by atoms with Gasteiger partial charge in [-0.05, 0) is 43.5 Å². The Hall–Kier alpha value is -2.73. The second-order valence-electron chi connectivity index (χ2n) is 7.06. The van der Waals surface area contributed by atoms with Crippen LogP contribution in [0.2, 0.25) is 0 Å². The molecule has 0 aliphatic carbocycles. The Balaban J connectivity index is 1.30. The highest BCUT2D eigenvalue weighted by molar-refractivity contribution is 7.18. The summed E-state index contributed by atoms with van der Waals surface area (Å²) in [4.78, 5) is 31.5. The first-order valence-electron chi connectivity index (χ1n) is 9.48. The van der Waals surface area contributed by atoms with Crippen LogP contribution in [0.4, 0.5) is 0 Å². The zero-order valence-electron chi connectivity index (χ0n) is 15.8. The van der Waals surface area contributed by atoms with Gasteiger partial charge in [0.1, 0.15) is 11.6 Å². The summed E-state index contributed by atoms with van der Waals surface area (Å²) in [7, 11) is 0. The fraction of sp³-hybridized carbons (Fsp3) is 0.318. The van der Waals surface area contributed by atoms with Crippen LogP contribution in [0, 0.1) is 12.8 Å². The van der Waals surface area contributed by atoms with Gasteiger partial charge < -0.3 is 9.64 Å². The highest BCUT2D eigenvalue weighted by atomic mass is 32.1. The van der Waals surface area contributed by atoms with Crippen LogP contribution in [0.3, 0.4) is 0 Å².